The van der Waals surface area contributed by atoms with Crippen LogP contribution >= 0.6 is 51.5 Å². The number of para-hydroxylation sites is 1. The van der Waals surface area contributed by atoms with Gasteiger partial charge in [0.1, 0.15) is 11.3 Å². The smallest absolute Gasteiger partial charge is 0.270 e. The molecule has 1 aliphatic heterocycles. The van der Waals surface area contributed by atoms with E-state index in [0.717, 1.165) is 10.5 Å². The Labute approximate surface area is 207 Å². The SMILES string of the molecule is CCc1ccccc1N1C(=O)/C(=C/c2cc(Br)c(Sc3ccc(Cl)cc3)o2)C(=O)NC1=S. The van der Waals surface area contributed by atoms with Crippen LogP contribution in [-0.4, -0.2) is 16.9 Å². The number of aryl methyl sites for hydroxylation is 1. The number of hydrogen-bond donors (Lipinski definition) is 1. The Kier molecular flexibility index (Phi) is 6.85. The third-order valence-corrected chi connectivity index (χ3v) is 7.09. The van der Waals surface area contributed by atoms with Gasteiger partial charge in [0.2, 0.25) is 0 Å². The maximum absolute atomic E-state index is 13.3. The van der Waals surface area contributed by atoms with Gasteiger partial charge in [-0.1, -0.05) is 48.5 Å². The molecule has 2 amide bonds. The predicted octanol–water partition coefficient (Wildman–Crippen LogP) is 6.24. The molecule has 0 radical (unpaired) electrons. The van der Waals surface area contributed by atoms with E-state index in [0.29, 0.717) is 32.5 Å². The molecule has 0 aliphatic carbocycles. The largest absolute Gasteiger partial charge is 0.449 e. The molecule has 2 heterocycles. The van der Waals surface area contributed by atoms with Crippen molar-refractivity contribution >= 4 is 80.2 Å². The average molecular weight is 548 g/mol. The zero-order chi connectivity index (χ0) is 22.8. The lowest BCUT2D eigenvalue weighted by Crippen LogP contribution is -2.54. The van der Waals surface area contributed by atoms with E-state index in [2.05, 4.69) is 21.2 Å². The van der Waals surface area contributed by atoms with Crippen LogP contribution in [-0.2, 0) is 16.0 Å². The highest BCUT2D eigenvalue weighted by atomic mass is 79.9. The number of halogens is 2. The van der Waals surface area contributed by atoms with Crippen molar-refractivity contribution in [2.75, 3.05) is 4.90 Å². The first-order chi connectivity index (χ1) is 15.4. The number of nitrogens with zero attached hydrogens (tertiary/aromatic N) is 1. The molecule has 5 nitrogen and oxygen atoms in total. The molecule has 2 aromatic carbocycles. The molecule has 0 bridgehead atoms. The van der Waals surface area contributed by atoms with Gasteiger partial charge in [-0.15, -0.1) is 0 Å². The first kappa shape index (κ1) is 22.8. The minimum absolute atomic E-state index is 0.0534. The van der Waals surface area contributed by atoms with Gasteiger partial charge in [0.25, 0.3) is 11.8 Å². The molecule has 0 saturated carbocycles. The molecule has 0 atom stereocenters. The lowest BCUT2D eigenvalue weighted by atomic mass is 10.1. The fraction of sp³-hybridized carbons (Fsp3) is 0.0870. The van der Waals surface area contributed by atoms with Crippen LogP contribution in [0.1, 0.15) is 18.2 Å². The molecule has 1 saturated heterocycles. The number of carbonyl (C=O) groups is 2. The molecule has 0 unspecified atom stereocenters. The van der Waals surface area contributed by atoms with Crippen molar-refractivity contribution in [3.05, 3.63) is 81.0 Å². The lowest BCUT2D eigenvalue weighted by molar-refractivity contribution is -0.122. The minimum Gasteiger partial charge on any atom is -0.449 e. The van der Waals surface area contributed by atoms with Crippen molar-refractivity contribution in [2.24, 2.45) is 0 Å². The van der Waals surface area contributed by atoms with Crippen molar-refractivity contribution in [3.63, 3.8) is 0 Å². The lowest BCUT2D eigenvalue weighted by Gasteiger charge is -2.30. The molecule has 9 heteroatoms. The van der Waals surface area contributed by atoms with E-state index >= 15 is 0 Å². The van der Waals surface area contributed by atoms with Crippen LogP contribution in [0.2, 0.25) is 5.02 Å². The Morgan fingerprint density at radius 2 is 1.91 bits per heavy atom. The summed E-state index contributed by atoms with van der Waals surface area (Å²) in [6.45, 7) is 1.99. The van der Waals surface area contributed by atoms with Gasteiger partial charge in [-0.05, 0) is 82.6 Å². The van der Waals surface area contributed by atoms with Gasteiger partial charge in [0, 0.05) is 9.92 Å². The fourth-order valence-electron chi connectivity index (χ4n) is 3.17. The molecule has 1 aliphatic rings. The Balaban J connectivity index is 1.65. The van der Waals surface area contributed by atoms with E-state index in [1.54, 1.807) is 18.2 Å². The van der Waals surface area contributed by atoms with Crippen LogP contribution in [0.15, 0.2) is 79.0 Å². The number of furan rings is 1. The molecule has 162 valence electrons. The average Bonchev–Trinajstić information content (AvgIpc) is 3.11. The summed E-state index contributed by atoms with van der Waals surface area (Å²) < 4.78 is 6.59. The molecule has 1 fully saturated rings. The van der Waals surface area contributed by atoms with Gasteiger partial charge in [-0.3, -0.25) is 19.8 Å². The van der Waals surface area contributed by atoms with Crippen molar-refractivity contribution in [3.8, 4) is 0 Å². The second-order valence-electron chi connectivity index (χ2n) is 6.78. The third-order valence-electron chi connectivity index (χ3n) is 4.70. The molecule has 0 spiro atoms. The number of rotatable bonds is 5. The topological polar surface area (TPSA) is 62.6 Å². The summed E-state index contributed by atoms with van der Waals surface area (Å²) in [7, 11) is 0. The molecule has 32 heavy (non-hydrogen) atoms. The fourth-order valence-corrected chi connectivity index (χ4v) is 4.90. The number of hydrogen-bond acceptors (Lipinski definition) is 5. The highest BCUT2D eigenvalue weighted by molar-refractivity contribution is 9.10. The Morgan fingerprint density at radius 3 is 2.62 bits per heavy atom. The van der Waals surface area contributed by atoms with Gasteiger partial charge in [0.15, 0.2) is 10.2 Å². The molecule has 1 aromatic heterocycles. The normalized spacial score (nSPS) is 15.4. The molecule has 3 aromatic rings. The number of benzene rings is 2. The summed E-state index contributed by atoms with van der Waals surface area (Å²) in [5.74, 6) is -0.702. The molecular formula is C23H16BrClN2O3S2. The van der Waals surface area contributed by atoms with Crippen LogP contribution in [0.5, 0.6) is 0 Å². The van der Waals surface area contributed by atoms with Crippen LogP contribution < -0.4 is 10.2 Å². The van der Waals surface area contributed by atoms with E-state index in [4.69, 9.17) is 28.2 Å². The number of amides is 2. The third kappa shape index (κ3) is 4.68. The van der Waals surface area contributed by atoms with Crippen LogP contribution in [0.25, 0.3) is 6.08 Å². The van der Waals surface area contributed by atoms with E-state index in [1.807, 2.05) is 43.3 Å². The Bertz CT molecular complexity index is 1250. The van der Waals surface area contributed by atoms with Gasteiger partial charge >= 0.3 is 0 Å². The summed E-state index contributed by atoms with van der Waals surface area (Å²) >= 11 is 16.1. The molecule has 4 rings (SSSR count). The van der Waals surface area contributed by atoms with Crippen molar-refractivity contribution in [1.29, 1.82) is 0 Å². The number of thiocarbonyl (C=S) groups is 1. The van der Waals surface area contributed by atoms with Gasteiger partial charge in [-0.2, -0.15) is 0 Å². The number of nitrogens with one attached hydrogen (secondary N) is 1. The maximum atomic E-state index is 13.3. The monoisotopic (exact) mass is 546 g/mol. The standard InChI is InChI=1S/C23H16BrClN2O3S2/c1-2-13-5-3-4-6-19(13)27-21(29)17(20(28)26-23(27)31)11-15-12-18(24)22(30-15)32-16-9-7-14(25)8-10-16/h3-12H,2H2,1H3,(H,26,28,31)/b17-11+. The second-order valence-corrected chi connectivity index (χ2v) is 9.50. The zero-order valence-corrected chi connectivity index (χ0v) is 20.7. The van der Waals surface area contributed by atoms with E-state index in [-0.39, 0.29) is 10.7 Å². The molecular weight excluding hydrogens is 532 g/mol. The summed E-state index contributed by atoms with van der Waals surface area (Å²) in [5, 5.41) is 3.89. The first-order valence-corrected chi connectivity index (χ1v) is 12.0. The predicted molar refractivity (Wildman–Crippen MR) is 134 cm³/mol. The van der Waals surface area contributed by atoms with Crippen LogP contribution in [0.3, 0.4) is 0 Å². The first-order valence-electron chi connectivity index (χ1n) is 9.59. The number of anilines is 1. The minimum atomic E-state index is -0.565. The number of carbonyl (C=O) groups excluding carboxylic acids is 2. The van der Waals surface area contributed by atoms with Crippen LogP contribution in [0.4, 0.5) is 5.69 Å². The summed E-state index contributed by atoms with van der Waals surface area (Å²) in [6, 6.07) is 16.5. The summed E-state index contributed by atoms with van der Waals surface area (Å²) in [6.07, 6.45) is 2.14. The summed E-state index contributed by atoms with van der Waals surface area (Å²) in [4.78, 5) is 28.1. The zero-order valence-electron chi connectivity index (χ0n) is 16.7. The highest BCUT2D eigenvalue weighted by Crippen LogP contribution is 2.37. The van der Waals surface area contributed by atoms with E-state index in [1.165, 1.54) is 22.7 Å². The maximum Gasteiger partial charge on any atom is 0.270 e. The van der Waals surface area contributed by atoms with Crippen LogP contribution in [0, 0.1) is 0 Å². The van der Waals surface area contributed by atoms with E-state index < -0.39 is 11.8 Å². The molecule has 1 N–H and O–H groups in total. The Hall–Kier alpha value is -2.39. The van der Waals surface area contributed by atoms with E-state index in [9.17, 15) is 9.59 Å². The Morgan fingerprint density at radius 1 is 1.19 bits per heavy atom. The highest BCUT2D eigenvalue weighted by Gasteiger charge is 2.35. The second kappa shape index (κ2) is 9.62. The van der Waals surface area contributed by atoms with Gasteiger partial charge in [0.05, 0.1) is 10.2 Å². The van der Waals surface area contributed by atoms with Crippen molar-refractivity contribution in [2.45, 2.75) is 23.3 Å². The summed E-state index contributed by atoms with van der Waals surface area (Å²) in [5.41, 5.74) is 1.53. The van der Waals surface area contributed by atoms with Gasteiger partial charge in [-0.25, -0.2) is 0 Å². The van der Waals surface area contributed by atoms with Crippen molar-refractivity contribution < 1.29 is 14.0 Å². The van der Waals surface area contributed by atoms with Crippen molar-refractivity contribution in [1.82, 2.24) is 5.32 Å². The quantitative estimate of drug-likeness (QED) is 0.233. The van der Waals surface area contributed by atoms with Gasteiger partial charge < -0.3 is 4.42 Å².